The van der Waals surface area contributed by atoms with Gasteiger partial charge < -0.3 is 14.9 Å². The van der Waals surface area contributed by atoms with Gasteiger partial charge in [-0.1, -0.05) is 30.3 Å². The zero-order valence-electron chi connectivity index (χ0n) is 16.6. The maximum absolute atomic E-state index is 13.4. The van der Waals surface area contributed by atoms with Crippen LogP contribution in [0.4, 0.5) is 0 Å². The molecule has 0 bridgehead atoms. The maximum atomic E-state index is 13.4. The van der Waals surface area contributed by atoms with Gasteiger partial charge in [-0.2, -0.15) is 0 Å². The number of rotatable bonds is 6. The van der Waals surface area contributed by atoms with Gasteiger partial charge in [-0.3, -0.25) is 0 Å². The minimum absolute atomic E-state index is 0.223. The summed E-state index contributed by atoms with van der Waals surface area (Å²) in [6, 6.07) is 22.7. The summed E-state index contributed by atoms with van der Waals surface area (Å²) in [5, 5.41) is 0. The molecule has 1 aliphatic heterocycles. The fourth-order valence-electron chi connectivity index (χ4n) is 3.33. The van der Waals surface area contributed by atoms with Crippen LogP contribution in [0.1, 0.15) is 17.2 Å². The first-order chi connectivity index (χ1) is 14.5. The highest BCUT2D eigenvalue weighted by atomic mass is 32.2. The molecule has 7 heteroatoms. The van der Waals surface area contributed by atoms with Crippen LogP contribution in [0.15, 0.2) is 89.8 Å². The van der Waals surface area contributed by atoms with E-state index in [-0.39, 0.29) is 4.90 Å². The summed E-state index contributed by atoms with van der Waals surface area (Å²) in [5.74, 6) is 1.44. The van der Waals surface area contributed by atoms with Crippen LogP contribution in [-0.4, -0.2) is 27.1 Å². The lowest BCUT2D eigenvalue weighted by atomic mass is 10.1. The Morgan fingerprint density at radius 3 is 1.93 bits per heavy atom. The van der Waals surface area contributed by atoms with E-state index >= 15 is 0 Å². The van der Waals surface area contributed by atoms with Crippen LogP contribution in [0.2, 0.25) is 0 Å². The number of methoxy groups -OCH3 is 2. The van der Waals surface area contributed by atoms with Gasteiger partial charge in [0.1, 0.15) is 11.5 Å². The largest absolute Gasteiger partial charge is 0.497 e. The first kappa shape index (κ1) is 20.0. The minimum atomic E-state index is -3.79. The first-order valence-electron chi connectivity index (χ1n) is 9.39. The summed E-state index contributed by atoms with van der Waals surface area (Å²) in [6.07, 6.45) is 1.91. The number of hydrazine groups is 1. The molecule has 0 saturated carbocycles. The Morgan fingerprint density at radius 2 is 1.37 bits per heavy atom. The molecule has 4 rings (SSSR count). The highest BCUT2D eigenvalue weighted by Crippen LogP contribution is 2.36. The standard InChI is InChI=1S/C23H22N2O4S/c1-28-19-12-8-17(9-13-19)22-16-23(18-10-14-20(29-2)15-11-18)25(24-22)30(26,27)21-6-4-3-5-7-21/h3-16,23-24H,1-2H3. The number of nitrogens with zero attached hydrogens (tertiary/aromatic N) is 1. The van der Waals surface area contributed by atoms with Crippen molar-refractivity contribution in [3.63, 3.8) is 0 Å². The van der Waals surface area contributed by atoms with E-state index in [1.165, 1.54) is 4.41 Å². The van der Waals surface area contributed by atoms with Gasteiger partial charge >= 0.3 is 0 Å². The van der Waals surface area contributed by atoms with Crippen LogP contribution < -0.4 is 14.9 Å². The molecule has 154 valence electrons. The smallest absolute Gasteiger partial charge is 0.260 e. The zero-order valence-corrected chi connectivity index (χ0v) is 17.5. The van der Waals surface area contributed by atoms with Crippen LogP contribution >= 0.6 is 0 Å². The third-order valence-corrected chi connectivity index (χ3v) is 6.67. The summed E-state index contributed by atoms with van der Waals surface area (Å²) in [6.45, 7) is 0. The lowest BCUT2D eigenvalue weighted by molar-refractivity contribution is 0.347. The predicted octanol–water partition coefficient (Wildman–Crippen LogP) is 4.00. The SMILES string of the molecule is COc1ccc(C2=CC(c3ccc(OC)cc3)N(S(=O)(=O)c3ccccc3)N2)cc1. The highest BCUT2D eigenvalue weighted by molar-refractivity contribution is 7.89. The van der Waals surface area contributed by atoms with E-state index in [2.05, 4.69) is 5.43 Å². The van der Waals surface area contributed by atoms with Gasteiger partial charge in [0.25, 0.3) is 10.0 Å². The number of hydrogen-bond donors (Lipinski definition) is 1. The molecular formula is C23H22N2O4S. The Morgan fingerprint density at radius 1 is 0.800 bits per heavy atom. The molecule has 3 aromatic rings. The van der Waals surface area contributed by atoms with Gasteiger partial charge in [0.15, 0.2) is 0 Å². The molecule has 0 fully saturated rings. The van der Waals surface area contributed by atoms with Crippen LogP contribution in [0.25, 0.3) is 5.70 Å². The summed E-state index contributed by atoms with van der Waals surface area (Å²) < 4.78 is 38.6. The Bertz CT molecular complexity index is 1140. The van der Waals surface area contributed by atoms with E-state index in [9.17, 15) is 8.42 Å². The van der Waals surface area contributed by atoms with Crippen molar-refractivity contribution in [3.8, 4) is 11.5 Å². The van der Waals surface area contributed by atoms with Crippen LogP contribution in [0.3, 0.4) is 0 Å². The molecule has 1 unspecified atom stereocenters. The molecule has 1 heterocycles. The molecule has 0 saturated heterocycles. The molecule has 0 amide bonds. The minimum Gasteiger partial charge on any atom is -0.497 e. The van der Waals surface area contributed by atoms with Crippen molar-refractivity contribution < 1.29 is 17.9 Å². The number of benzene rings is 3. The monoisotopic (exact) mass is 422 g/mol. The quantitative estimate of drug-likeness (QED) is 0.651. The van der Waals surface area contributed by atoms with Crippen molar-refractivity contribution >= 4 is 15.7 Å². The summed E-state index contributed by atoms with van der Waals surface area (Å²) in [4.78, 5) is 0.223. The van der Waals surface area contributed by atoms with E-state index in [1.54, 1.807) is 44.6 Å². The van der Waals surface area contributed by atoms with Gasteiger partial charge in [-0.05, 0) is 65.7 Å². The number of hydrogen-bond acceptors (Lipinski definition) is 5. The van der Waals surface area contributed by atoms with Gasteiger partial charge in [-0.15, -0.1) is 4.41 Å². The van der Waals surface area contributed by atoms with Gasteiger partial charge in [0.2, 0.25) is 0 Å². The van der Waals surface area contributed by atoms with Crippen molar-refractivity contribution in [2.45, 2.75) is 10.9 Å². The van der Waals surface area contributed by atoms with Crippen LogP contribution in [0.5, 0.6) is 11.5 Å². The average molecular weight is 423 g/mol. The maximum Gasteiger partial charge on any atom is 0.260 e. The second-order valence-electron chi connectivity index (χ2n) is 6.75. The normalized spacial score (nSPS) is 16.6. The Hall–Kier alpha value is -3.29. The van der Waals surface area contributed by atoms with Crippen molar-refractivity contribution in [3.05, 3.63) is 96.1 Å². The summed E-state index contributed by atoms with van der Waals surface area (Å²) >= 11 is 0. The van der Waals surface area contributed by atoms with E-state index < -0.39 is 16.1 Å². The zero-order chi connectivity index (χ0) is 21.1. The lowest BCUT2D eigenvalue weighted by Crippen LogP contribution is -2.39. The Labute approximate surface area is 176 Å². The molecule has 0 aliphatic carbocycles. The van der Waals surface area contributed by atoms with Crippen LogP contribution in [0, 0.1) is 0 Å². The van der Waals surface area contributed by atoms with Crippen molar-refractivity contribution in [2.24, 2.45) is 0 Å². The predicted molar refractivity (Wildman–Crippen MR) is 115 cm³/mol. The van der Waals surface area contributed by atoms with E-state index in [4.69, 9.17) is 9.47 Å². The number of nitrogens with one attached hydrogen (secondary N) is 1. The highest BCUT2D eigenvalue weighted by Gasteiger charge is 2.36. The number of sulfonamides is 1. The summed E-state index contributed by atoms with van der Waals surface area (Å²) in [7, 11) is -0.587. The van der Waals surface area contributed by atoms with Crippen molar-refractivity contribution in [1.82, 2.24) is 9.84 Å². The van der Waals surface area contributed by atoms with Crippen molar-refractivity contribution in [2.75, 3.05) is 14.2 Å². The molecule has 0 spiro atoms. The molecule has 30 heavy (non-hydrogen) atoms. The van der Waals surface area contributed by atoms with E-state index in [0.29, 0.717) is 11.4 Å². The van der Waals surface area contributed by atoms with Crippen LogP contribution in [-0.2, 0) is 10.0 Å². The summed E-state index contributed by atoms with van der Waals surface area (Å²) in [5.41, 5.74) is 5.49. The van der Waals surface area contributed by atoms with E-state index in [1.807, 2.05) is 54.6 Å². The topological polar surface area (TPSA) is 67.9 Å². The molecule has 3 aromatic carbocycles. The molecule has 0 radical (unpaired) electrons. The number of ether oxygens (including phenoxy) is 2. The van der Waals surface area contributed by atoms with Gasteiger partial charge in [0.05, 0.1) is 30.9 Å². The molecule has 1 aliphatic rings. The average Bonchev–Trinajstić information content (AvgIpc) is 3.26. The van der Waals surface area contributed by atoms with E-state index in [0.717, 1.165) is 16.9 Å². The molecule has 6 nitrogen and oxygen atoms in total. The first-order valence-corrected chi connectivity index (χ1v) is 10.8. The molecule has 0 aromatic heterocycles. The van der Waals surface area contributed by atoms with Crippen molar-refractivity contribution in [1.29, 1.82) is 0 Å². The third kappa shape index (κ3) is 3.77. The molecule has 1 atom stereocenters. The Kier molecular flexibility index (Phi) is 5.48. The fraction of sp³-hybridized carbons (Fsp3) is 0.130. The second kappa shape index (κ2) is 8.22. The molecular weight excluding hydrogens is 400 g/mol. The second-order valence-corrected chi connectivity index (χ2v) is 8.57. The van der Waals surface area contributed by atoms with Gasteiger partial charge in [-0.25, -0.2) is 8.42 Å². The fourth-order valence-corrected chi connectivity index (χ4v) is 4.76. The Balaban J connectivity index is 1.76. The lowest BCUT2D eigenvalue weighted by Gasteiger charge is -2.25. The van der Waals surface area contributed by atoms with Gasteiger partial charge in [0, 0.05) is 0 Å². The molecule has 1 N–H and O–H groups in total. The third-order valence-electron chi connectivity index (χ3n) is 4.97.